The second-order valence-electron chi connectivity index (χ2n) is 48.8. The Morgan fingerprint density at radius 3 is 1.00 bits per heavy atom. The fourth-order valence-corrected chi connectivity index (χ4v) is 28.4. The SMILES string of the molecule is CCC(C)c1ccc(O)cc1.CCC(C)c1ccc(O)cc1.CCC(C)c1ccc(OC(OC(C)C)C2(C)CC3C=CC2C3)cc1.CCC(C)c1ccc(OC(OC(C)C)C23CC4CC(CC(C4)C2)C3)cc1.CCC(C)c1ccc(OC(OC2C3CC4CC(C3)CC2C4)C(C)C2C3CC4CC(C3)CC2C4)cc1.CCC(C)c1ccc(OC(OCCOc2c(-c3ccccc3)cccc2-c2ccccc2)C(C)c2ccccc2)cc1. The number of rotatable bonds is 39. The van der Waals surface area contributed by atoms with E-state index in [1.54, 1.807) is 24.3 Å². The van der Waals surface area contributed by atoms with E-state index in [0.29, 0.717) is 84.1 Å². The molecule has 0 aromatic heterocycles. The van der Waals surface area contributed by atoms with Crippen LogP contribution in [-0.4, -0.2) is 66.9 Å². The average Bonchev–Trinajstić information content (AvgIpc) is 0.801. The van der Waals surface area contributed by atoms with Gasteiger partial charge in [-0.1, -0.05) is 298 Å². The molecule has 13 saturated carbocycles. The lowest BCUT2D eigenvalue weighted by molar-refractivity contribution is -0.229. The van der Waals surface area contributed by atoms with E-state index < -0.39 is 6.29 Å². The quantitative estimate of drug-likeness (QED) is 0.0217. The summed E-state index contributed by atoms with van der Waals surface area (Å²) in [6, 6.07) is 87.1. The Balaban J connectivity index is 0.000000134. The smallest absolute Gasteiger partial charge is 0.206 e. The first-order chi connectivity index (χ1) is 72.0. The average molecular weight is 2020 g/mol. The van der Waals surface area contributed by atoms with Crippen molar-refractivity contribution in [2.45, 2.75) is 371 Å². The lowest BCUT2D eigenvalue weighted by Crippen LogP contribution is -2.54. The van der Waals surface area contributed by atoms with Crippen LogP contribution < -0.4 is 23.7 Å². The molecule has 149 heavy (non-hydrogen) atoms. The molecule has 11 heteroatoms. The van der Waals surface area contributed by atoms with Gasteiger partial charge >= 0.3 is 0 Å². The van der Waals surface area contributed by atoms with E-state index in [1.807, 2.05) is 54.6 Å². The van der Waals surface area contributed by atoms with Gasteiger partial charge in [0, 0.05) is 33.8 Å². The normalized spacial score (nSPS) is 27.3. The van der Waals surface area contributed by atoms with Crippen molar-refractivity contribution >= 4 is 0 Å². The molecule has 0 aliphatic heterocycles. The number of aromatic hydroxyl groups is 2. The molecule has 24 rings (SSSR count). The molecule has 2 N–H and O–H groups in total. The van der Waals surface area contributed by atoms with Crippen molar-refractivity contribution in [3.8, 4) is 62.5 Å². The predicted octanol–water partition coefficient (Wildman–Crippen LogP) is 36.9. The molecule has 10 aromatic rings. The molecule has 0 amide bonds. The van der Waals surface area contributed by atoms with Crippen LogP contribution in [0.15, 0.2) is 267 Å². The first kappa shape index (κ1) is 112. The van der Waals surface area contributed by atoms with Crippen LogP contribution in [0, 0.1) is 99.6 Å². The van der Waals surface area contributed by atoms with Crippen LogP contribution in [-0.2, 0) is 18.9 Å². The van der Waals surface area contributed by atoms with Crippen LogP contribution in [0.2, 0.25) is 0 Å². The van der Waals surface area contributed by atoms with Crippen molar-refractivity contribution in [1.82, 2.24) is 0 Å². The first-order valence-corrected chi connectivity index (χ1v) is 58.9. The van der Waals surface area contributed by atoms with Crippen LogP contribution >= 0.6 is 0 Å². The Labute approximate surface area is 898 Å². The van der Waals surface area contributed by atoms with E-state index in [2.05, 4.69) is 320 Å². The highest BCUT2D eigenvalue weighted by Gasteiger charge is 2.58. The Kier molecular flexibility index (Phi) is 39.7. The molecular formula is C138H184O11. The van der Waals surface area contributed by atoms with Gasteiger partial charge in [-0.05, 0) is 423 Å². The number of fused-ring (bicyclic) bond motifs is 2. The summed E-state index contributed by atoms with van der Waals surface area (Å²) in [6.07, 6.45) is 37.0. The summed E-state index contributed by atoms with van der Waals surface area (Å²) in [7, 11) is 0. The fourth-order valence-electron chi connectivity index (χ4n) is 28.4. The minimum atomic E-state index is -0.469. The molecule has 14 aliphatic rings. The maximum Gasteiger partial charge on any atom is 0.206 e. The number of benzene rings is 10. The molecule has 13 fully saturated rings. The van der Waals surface area contributed by atoms with E-state index in [0.717, 1.165) is 154 Å². The van der Waals surface area contributed by atoms with Crippen molar-refractivity contribution in [2.75, 3.05) is 13.2 Å². The van der Waals surface area contributed by atoms with Crippen molar-refractivity contribution < 1.29 is 52.8 Å². The first-order valence-electron chi connectivity index (χ1n) is 58.9. The number of allylic oxidation sites excluding steroid dienone is 2. The third-order valence-electron chi connectivity index (χ3n) is 37.3. The minimum absolute atomic E-state index is 0.0249. The molecule has 15 unspecified atom stereocenters. The van der Waals surface area contributed by atoms with Gasteiger partial charge in [-0.2, -0.15) is 0 Å². The third-order valence-corrected chi connectivity index (χ3v) is 37.3. The van der Waals surface area contributed by atoms with Crippen LogP contribution in [0.4, 0.5) is 0 Å². The molecule has 15 atom stereocenters. The van der Waals surface area contributed by atoms with Gasteiger partial charge in [0.15, 0.2) is 0 Å². The highest BCUT2D eigenvalue weighted by atomic mass is 16.7. The van der Waals surface area contributed by atoms with E-state index in [9.17, 15) is 0 Å². The van der Waals surface area contributed by atoms with Gasteiger partial charge in [-0.3, -0.25) is 0 Å². The standard InChI is InChI=1S/C39H40O3.C33H48O2.C24H36O2.C22H32O2.2C10H14O/c1-4-29(2)31-23-25-35(26-24-31)42-39(30(3)32-15-8-5-9-16-32)41-28-27-40-38-36(33-17-10-6-11-18-33)21-14-22-37(38)34-19-12-7-13-20-34;1-4-19(2)25-5-7-30(8-6-25)34-33(35-32-28-15-23-10-24(17-28)18-29(32)16-23)20(3)31-26-11-21-9-22(13-26)14-27(31)12-21;1-5-17(4)21-6-8-22(9-7-21)26-23(25-16(2)3)24-13-18-10-19(14-24)12-20(11-18)15-24;1-6-16(4)18-8-11-20(12-9-18)24-21(23-15(2)3)22(5)14-17-7-10-19(22)13-17;2*1-3-8(2)9-4-6-10(11)7-5-9/h5-26,29-30,39H,4,27-28H2,1-3H3;5-8,19-24,26-29,31-33H,4,9-18H2,1-3H3;6-9,16-20,23H,5,10-15H2,1-4H3;7-12,15-17,19,21H,6,13-14H2,1-5H3;2*4-8,11H,3H2,1-2H3. The number of phenols is 2. The molecule has 802 valence electrons. The van der Waals surface area contributed by atoms with E-state index >= 15 is 0 Å². The summed E-state index contributed by atoms with van der Waals surface area (Å²) in [5, 5.41) is 18.0. The summed E-state index contributed by atoms with van der Waals surface area (Å²) in [5.41, 5.74) is 13.9. The van der Waals surface area contributed by atoms with Gasteiger partial charge in [0.25, 0.3) is 0 Å². The van der Waals surface area contributed by atoms with Gasteiger partial charge in [0.2, 0.25) is 25.2 Å². The topological polar surface area (TPSA) is 124 Å². The number of ether oxygens (including phenoxy) is 9. The van der Waals surface area contributed by atoms with Crippen molar-refractivity contribution in [3.63, 3.8) is 0 Å². The summed E-state index contributed by atoms with van der Waals surface area (Å²) in [6.45, 7) is 43.0. The van der Waals surface area contributed by atoms with Crippen LogP contribution in [0.1, 0.15) is 366 Å². The predicted molar refractivity (Wildman–Crippen MR) is 614 cm³/mol. The van der Waals surface area contributed by atoms with Crippen LogP contribution in [0.3, 0.4) is 0 Å². The van der Waals surface area contributed by atoms with E-state index in [1.165, 1.54) is 161 Å². The van der Waals surface area contributed by atoms with Gasteiger partial charge < -0.3 is 52.8 Å². The Morgan fingerprint density at radius 1 is 0.309 bits per heavy atom. The van der Waals surface area contributed by atoms with Crippen LogP contribution in [0.5, 0.6) is 40.2 Å². The molecule has 10 aromatic carbocycles. The number of hydrogen-bond acceptors (Lipinski definition) is 11. The highest BCUT2D eigenvalue weighted by Crippen LogP contribution is 2.64. The van der Waals surface area contributed by atoms with E-state index in [-0.39, 0.29) is 47.8 Å². The largest absolute Gasteiger partial charge is 0.508 e. The van der Waals surface area contributed by atoms with Crippen molar-refractivity contribution in [3.05, 3.63) is 306 Å². The van der Waals surface area contributed by atoms with Gasteiger partial charge in [-0.15, -0.1) is 0 Å². The van der Waals surface area contributed by atoms with Gasteiger partial charge in [0.1, 0.15) is 46.9 Å². The Morgan fingerprint density at radius 2 is 0.644 bits per heavy atom. The second-order valence-corrected chi connectivity index (χ2v) is 48.8. The van der Waals surface area contributed by atoms with Crippen LogP contribution in [0.25, 0.3) is 22.3 Å². The highest BCUT2D eigenvalue weighted by molar-refractivity contribution is 5.82. The third kappa shape index (κ3) is 28.9. The molecule has 0 spiro atoms. The lowest BCUT2D eigenvalue weighted by atomic mass is 9.49. The van der Waals surface area contributed by atoms with Crippen molar-refractivity contribution in [2.24, 2.45) is 99.6 Å². The fraction of sp³-hybridized carbons (Fsp3) is 0.551. The summed E-state index contributed by atoms with van der Waals surface area (Å²) in [4.78, 5) is 0. The second kappa shape index (κ2) is 52.8. The minimum Gasteiger partial charge on any atom is -0.508 e. The Bertz CT molecular complexity index is 5460. The number of para-hydroxylation sites is 1. The summed E-state index contributed by atoms with van der Waals surface area (Å²) in [5.74, 6) is 21.5. The summed E-state index contributed by atoms with van der Waals surface area (Å²) >= 11 is 0. The molecule has 0 radical (unpaired) electrons. The Hall–Kier alpha value is -9.62. The molecule has 0 saturated heterocycles. The number of hydrogen-bond donors (Lipinski definition) is 2. The van der Waals surface area contributed by atoms with Crippen molar-refractivity contribution in [1.29, 1.82) is 0 Å². The lowest BCUT2D eigenvalue weighted by Gasteiger charge is -2.58. The van der Waals surface area contributed by atoms with Gasteiger partial charge in [-0.25, -0.2) is 0 Å². The maximum atomic E-state index is 9.01. The maximum absolute atomic E-state index is 9.01. The molecular weight excluding hydrogens is 1830 g/mol. The summed E-state index contributed by atoms with van der Waals surface area (Å²) < 4.78 is 59.1. The zero-order chi connectivity index (χ0) is 105. The molecule has 14 bridgehead atoms. The monoisotopic (exact) mass is 2020 g/mol. The van der Waals surface area contributed by atoms with E-state index in [4.69, 9.17) is 52.8 Å². The molecule has 0 heterocycles. The zero-order valence-electron chi connectivity index (χ0n) is 94.1. The molecule has 14 aliphatic carbocycles. The molecule has 11 nitrogen and oxygen atoms in total. The zero-order valence-corrected chi connectivity index (χ0v) is 94.1. The van der Waals surface area contributed by atoms with Gasteiger partial charge in [0.05, 0.1) is 24.9 Å². The number of phenolic OH excluding ortho intramolecular Hbond substituents is 2.